The van der Waals surface area contributed by atoms with Gasteiger partial charge < -0.3 is 9.47 Å². The van der Waals surface area contributed by atoms with E-state index >= 15 is 0 Å². The topological polar surface area (TPSA) is 75.6 Å². The Morgan fingerprint density at radius 3 is 2.09 bits per heavy atom. The second kappa shape index (κ2) is 14.0. The van der Waals surface area contributed by atoms with Gasteiger partial charge in [0.05, 0.1) is 30.0 Å². The molecule has 3 rings (SSSR count). The molecule has 43 heavy (non-hydrogen) atoms. The molecule has 7 nitrogen and oxygen atoms in total. The maximum atomic E-state index is 14.0. The molecule has 0 radical (unpaired) electrons. The summed E-state index contributed by atoms with van der Waals surface area (Å²) in [7, 11) is -4.04. The van der Waals surface area contributed by atoms with Gasteiger partial charge in [-0.1, -0.05) is 34.1 Å². The second-order valence-electron chi connectivity index (χ2n) is 12.7. The fourth-order valence-corrected chi connectivity index (χ4v) is 6.57. The van der Waals surface area contributed by atoms with Crippen LogP contribution in [0.2, 0.25) is 0 Å². The van der Waals surface area contributed by atoms with Crippen molar-refractivity contribution in [2.45, 2.75) is 97.1 Å². The minimum Gasteiger partial charge on any atom is -0.493 e. The fourth-order valence-electron chi connectivity index (χ4n) is 4.42. The molecule has 0 saturated heterocycles. The molecule has 0 aromatic heterocycles. The number of rotatable bonds is 13. The van der Waals surface area contributed by atoms with Crippen molar-refractivity contribution in [3.8, 4) is 5.75 Å². The zero-order chi connectivity index (χ0) is 32.1. The van der Waals surface area contributed by atoms with Gasteiger partial charge in [-0.3, -0.25) is 13.6 Å². The first-order valence-corrected chi connectivity index (χ1v) is 16.4. The third-order valence-corrected chi connectivity index (χ3v) is 8.73. The van der Waals surface area contributed by atoms with Crippen LogP contribution in [0.15, 0.2) is 51.9 Å². The summed E-state index contributed by atoms with van der Waals surface area (Å²) < 4.78 is 85.1. The van der Waals surface area contributed by atoms with Gasteiger partial charge in [0, 0.05) is 11.4 Å². The smallest absolute Gasteiger partial charge is 0.475 e. The van der Waals surface area contributed by atoms with Crippen molar-refractivity contribution < 1.29 is 40.8 Å². The minimum absolute atomic E-state index is 0.121. The lowest BCUT2D eigenvalue weighted by Gasteiger charge is -2.33. The van der Waals surface area contributed by atoms with Crippen molar-refractivity contribution in [3.63, 3.8) is 0 Å². The van der Waals surface area contributed by atoms with E-state index in [1.54, 1.807) is 54.5 Å². The molecule has 0 fully saturated rings. The zero-order valence-corrected chi connectivity index (χ0v) is 28.3. The van der Waals surface area contributed by atoms with Gasteiger partial charge in [0.1, 0.15) is 17.9 Å². The summed E-state index contributed by atoms with van der Waals surface area (Å²) >= 11 is 3.39. The van der Waals surface area contributed by atoms with Gasteiger partial charge in [-0.15, -0.1) is 0 Å². The summed E-state index contributed by atoms with van der Waals surface area (Å²) in [5.74, 6) is 0.206. The van der Waals surface area contributed by atoms with Gasteiger partial charge >= 0.3 is 14.0 Å². The average molecular weight is 693 g/mol. The van der Waals surface area contributed by atoms with E-state index < -0.39 is 36.3 Å². The third-order valence-electron chi connectivity index (χ3n) is 6.22. The van der Waals surface area contributed by atoms with Crippen molar-refractivity contribution in [2.75, 3.05) is 19.8 Å². The Hall–Kier alpha value is -1.91. The summed E-state index contributed by atoms with van der Waals surface area (Å²) in [5, 5.41) is 0. The number of phosphoric ester groups is 1. The van der Waals surface area contributed by atoms with E-state index in [4.69, 9.17) is 23.0 Å². The Balaban J connectivity index is 1.71. The van der Waals surface area contributed by atoms with Crippen LogP contribution in [0.1, 0.15) is 78.0 Å². The third kappa shape index (κ3) is 11.8. The molecule has 12 heteroatoms. The maximum Gasteiger partial charge on any atom is 0.475 e. The highest BCUT2D eigenvalue weighted by Gasteiger charge is 2.43. The first kappa shape index (κ1) is 35.6. The molecule has 0 aliphatic carbocycles. The SMILES string of the molecule is CC1=NC(CCc2ccc(OCCCc3ccc(Br)cc3)c(C(F)(F)F)c2)(COP(=O)(OC(C)(C)C)OC(C)(C)C)CO1. The van der Waals surface area contributed by atoms with Gasteiger partial charge in [0.25, 0.3) is 0 Å². The number of nitrogens with zero attached hydrogens (tertiary/aromatic N) is 1. The molecule has 0 N–H and O–H groups in total. The molecule has 0 spiro atoms. The lowest BCUT2D eigenvalue weighted by molar-refractivity contribution is -0.139. The van der Waals surface area contributed by atoms with E-state index in [2.05, 4.69) is 20.9 Å². The van der Waals surface area contributed by atoms with Crippen LogP contribution in [0.5, 0.6) is 5.75 Å². The lowest BCUT2D eigenvalue weighted by Crippen LogP contribution is -2.36. The largest absolute Gasteiger partial charge is 0.493 e. The molecule has 1 aliphatic rings. The van der Waals surface area contributed by atoms with Crippen molar-refractivity contribution in [2.24, 2.45) is 4.99 Å². The Kier molecular flexibility index (Phi) is 11.6. The number of hydrogen-bond acceptors (Lipinski definition) is 7. The van der Waals surface area contributed by atoms with Gasteiger partial charge in [-0.25, -0.2) is 9.56 Å². The average Bonchev–Trinajstić information content (AvgIpc) is 3.24. The van der Waals surface area contributed by atoms with Crippen LogP contribution in [0, 0.1) is 0 Å². The summed E-state index contributed by atoms with van der Waals surface area (Å²) in [6, 6.07) is 11.9. The van der Waals surface area contributed by atoms with Crippen LogP contribution in [0.4, 0.5) is 13.2 Å². The molecule has 1 heterocycles. The van der Waals surface area contributed by atoms with Crippen LogP contribution in [-0.4, -0.2) is 42.5 Å². The second-order valence-corrected chi connectivity index (χ2v) is 15.1. The highest BCUT2D eigenvalue weighted by Crippen LogP contribution is 2.56. The first-order chi connectivity index (χ1) is 19.8. The minimum atomic E-state index is -4.59. The number of benzene rings is 2. The van der Waals surface area contributed by atoms with Crippen LogP contribution in [0.25, 0.3) is 0 Å². The Bertz CT molecular complexity index is 1280. The van der Waals surface area contributed by atoms with E-state index in [0.29, 0.717) is 24.3 Å². The molecule has 1 atom stereocenters. The van der Waals surface area contributed by atoms with Crippen LogP contribution in [0.3, 0.4) is 0 Å². The molecule has 1 aliphatic heterocycles. The van der Waals surface area contributed by atoms with E-state index in [9.17, 15) is 17.7 Å². The molecular weight excluding hydrogens is 650 g/mol. The summed E-state index contributed by atoms with van der Waals surface area (Å²) in [6.45, 7) is 12.2. The van der Waals surface area contributed by atoms with Gasteiger partial charge in [0.15, 0.2) is 5.90 Å². The number of alkyl halides is 3. The maximum absolute atomic E-state index is 14.0. The number of aliphatic imine (C=N–C) groups is 1. The zero-order valence-electron chi connectivity index (χ0n) is 25.8. The van der Waals surface area contributed by atoms with E-state index in [1.165, 1.54) is 6.07 Å². The molecule has 0 amide bonds. The van der Waals surface area contributed by atoms with Crippen LogP contribution < -0.4 is 4.74 Å². The molecule has 240 valence electrons. The summed E-state index contributed by atoms with van der Waals surface area (Å²) in [6.07, 6.45) is -2.82. The normalized spacial score (nSPS) is 18.0. The summed E-state index contributed by atoms with van der Waals surface area (Å²) in [5.41, 5.74) is -1.93. The Morgan fingerprint density at radius 1 is 0.953 bits per heavy atom. The first-order valence-electron chi connectivity index (χ1n) is 14.2. The molecule has 0 saturated carbocycles. The van der Waals surface area contributed by atoms with Crippen molar-refractivity contribution in [1.82, 2.24) is 0 Å². The Morgan fingerprint density at radius 2 is 1.56 bits per heavy atom. The van der Waals surface area contributed by atoms with Crippen LogP contribution >= 0.6 is 23.8 Å². The van der Waals surface area contributed by atoms with Crippen molar-refractivity contribution in [1.29, 1.82) is 0 Å². The number of aryl methyl sites for hydroxylation is 2. The van der Waals surface area contributed by atoms with Crippen molar-refractivity contribution >= 4 is 29.7 Å². The molecule has 2 aromatic rings. The predicted molar refractivity (Wildman–Crippen MR) is 165 cm³/mol. The van der Waals surface area contributed by atoms with E-state index in [-0.39, 0.29) is 38.4 Å². The highest BCUT2D eigenvalue weighted by atomic mass is 79.9. The standard InChI is InChI=1S/C31H42BrF3NO6P/c1-22-36-30(20-39-22,21-40-43(37,41-28(2,3)4)42-29(5,6)7)17-16-24-12-15-27(26(19-24)31(33,34)35)38-18-8-9-23-10-13-25(32)14-11-23/h10-15,19H,8-9,16-18,20-21H2,1-7H3. The molecule has 1 unspecified atom stereocenters. The Labute approximate surface area is 261 Å². The number of phosphoric acid groups is 1. The van der Waals surface area contributed by atoms with E-state index in [0.717, 1.165) is 16.1 Å². The summed E-state index contributed by atoms with van der Waals surface area (Å²) in [4.78, 5) is 4.59. The fraction of sp³-hybridized carbons (Fsp3) is 0.581. The van der Waals surface area contributed by atoms with Gasteiger partial charge in [0.2, 0.25) is 0 Å². The predicted octanol–water partition coefficient (Wildman–Crippen LogP) is 9.35. The molecular formula is C31H42BrF3NO6P. The number of ether oxygens (including phenoxy) is 2. The van der Waals surface area contributed by atoms with Crippen molar-refractivity contribution in [3.05, 3.63) is 63.6 Å². The highest BCUT2D eigenvalue weighted by molar-refractivity contribution is 9.10. The van der Waals surface area contributed by atoms with Gasteiger partial charge in [-0.2, -0.15) is 13.2 Å². The molecule has 0 bridgehead atoms. The number of hydrogen-bond donors (Lipinski definition) is 0. The van der Waals surface area contributed by atoms with E-state index in [1.807, 2.05) is 24.3 Å². The quantitative estimate of drug-likeness (QED) is 0.154. The molecule has 2 aromatic carbocycles. The number of halogens is 4. The van der Waals surface area contributed by atoms with Gasteiger partial charge in [-0.05, 0) is 103 Å². The lowest BCUT2D eigenvalue weighted by atomic mass is 9.93. The monoisotopic (exact) mass is 691 g/mol. The van der Waals surface area contributed by atoms with Crippen LogP contribution in [-0.2, 0) is 41.9 Å².